The number of hydrogen-bond acceptors (Lipinski definition) is 4. The minimum atomic E-state index is -0.520. The highest BCUT2D eigenvalue weighted by Crippen LogP contribution is 2.27. The largest absolute Gasteiger partial charge is 0.469 e. The van der Waals surface area contributed by atoms with Crippen LogP contribution >= 0.6 is 0 Å². The van der Waals surface area contributed by atoms with Crippen LogP contribution in [-0.4, -0.2) is 37.5 Å². The normalized spacial score (nSPS) is 13.8. The number of esters is 1. The Hall–Kier alpha value is -1.91. The summed E-state index contributed by atoms with van der Waals surface area (Å²) in [5.74, 6) is -0.377. The molecule has 0 fully saturated rings. The molecule has 0 aliphatic heterocycles. The highest BCUT2D eigenvalue weighted by atomic mass is 16.5. The highest BCUT2D eigenvalue weighted by Gasteiger charge is 2.14. The van der Waals surface area contributed by atoms with E-state index in [2.05, 4.69) is 77.2 Å². The number of aliphatic hydroxyl groups excluding tert-OH is 1. The van der Waals surface area contributed by atoms with Crippen molar-refractivity contribution in [2.24, 2.45) is 5.41 Å². The van der Waals surface area contributed by atoms with Crippen molar-refractivity contribution in [2.75, 3.05) is 20.3 Å². The third-order valence-corrected chi connectivity index (χ3v) is 5.82. The fourth-order valence-electron chi connectivity index (χ4n) is 3.28. The van der Waals surface area contributed by atoms with E-state index in [4.69, 9.17) is 4.74 Å². The molecule has 1 unspecified atom stereocenters. The smallest absolute Gasteiger partial charge is 0.308 e. The molecule has 0 spiro atoms. The Labute approximate surface area is 209 Å². The molecule has 1 atom stereocenters. The number of allylic oxidation sites excluding steroid dienone is 8. The van der Waals surface area contributed by atoms with Gasteiger partial charge in [-0.2, -0.15) is 0 Å². The zero-order valence-electron chi connectivity index (χ0n) is 22.9. The van der Waals surface area contributed by atoms with E-state index in [0.29, 0.717) is 6.61 Å². The summed E-state index contributed by atoms with van der Waals surface area (Å²) in [6.07, 6.45) is 18.1. The molecule has 4 heteroatoms. The van der Waals surface area contributed by atoms with Gasteiger partial charge >= 0.3 is 5.97 Å². The van der Waals surface area contributed by atoms with E-state index < -0.39 is 6.10 Å². The van der Waals surface area contributed by atoms with E-state index in [1.165, 1.54) is 29.4 Å². The molecule has 4 nitrogen and oxygen atoms in total. The predicted octanol–water partition coefficient (Wildman–Crippen LogP) is 7.66. The van der Waals surface area contributed by atoms with Crippen molar-refractivity contribution in [1.82, 2.24) is 0 Å². The molecule has 0 aromatic heterocycles. The van der Waals surface area contributed by atoms with Gasteiger partial charge in [-0.3, -0.25) is 4.79 Å². The summed E-state index contributed by atoms with van der Waals surface area (Å²) in [4.78, 5) is 11.3. The number of ether oxygens (including phenoxy) is 2. The Bertz CT molecular complexity index is 718. The lowest BCUT2D eigenvalue weighted by atomic mass is 9.85. The Morgan fingerprint density at radius 1 is 1.00 bits per heavy atom. The molecule has 0 aliphatic carbocycles. The van der Waals surface area contributed by atoms with Gasteiger partial charge in [0.1, 0.15) is 0 Å². The first-order valence-electron chi connectivity index (χ1n) is 12.6. The van der Waals surface area contributed by atoms with Crippen LogP contribution in [0.4, 0.5) is 0 Å². The maximum absolute atomic E-state index is 11.3. The molecule has 0 aromatic rings. The average molecular weight is 475 g/mol. The maximum Gasteiger partial charge on any atom is 0.308 e. The lowest BCUT2D eigenvalue weighted by Crippen LogP contribution is -2.22. The zero-order chi connectivity index (χ0) is 26.0. The van der Waals surface area contributed by atoms with Crippen LogP contribution in [0, 0.1) is 5.41 Å². The van der Waals surface area contributed by atoms with Gasteiger partial charge in [-0.1, -0.05) is 73.1 Å². The van der Waals surface area contributed by atoms with Crippen molar-refractivity contribution < 1.29 is 19.4 Å². The van der Waals surface area contributed by atoms with E-state index in [9.17, 15) is 9.90 Å². The fraction of sp³-hybridized carbons (Fsp3) is 0.633. The second-order valence-corrected chi connectivity index (χ2v) is 10.2. The molecule has 0 saturated heterocycles. The summed E-state index contributed by atoms with van der Waals surface area (Å²) in [7, 11) is 1.33. The maximum atomic E-state index is 11.3. The second-order valence-electron chi connectivity index (χ2n) is 10.2. The Morgan fingerprint density at radius 2 is 1.65 bits per heavy atom. The van der Waals surface area contributed by atoms with Gasteiger partial charge in [-0.15, -0.1) is 0 Å². The molecule has 0 rings (SSSR count). The quantitative estimate of drug-likeness (QED) is 0.164. The molecule has 194 valence electrons. The zero-order valence-corrected chi connectivity index (χ0v) is 22.9. The van der Waals surface area contributed by atoms with Gasteiger partial charge in [-0.05, 0) is 78.1 Å². The molecule has 0 amide bonds. The van der Waals surface area contributed by atoms with Crippen LogP contribution < -0.4 is 0 Å². The van der Waals surface area contributed by atoms with Gasteiger partial charge in [0.25, 0.3) is 0 Å². The first-order chi connectivity index (χ1) is 16.0. The van der Waals surface area contributed by atoms with Crippen LogP contribution in [0.1, 0.15) is 92.9 Å². The van der Waals surface area contributed by atoms with E-state index in [0.717, 1.165) is 44.9 Å². The molecule has 0 radical (unpaired) electrons. The summed E-state index contributed by atoms with van der Waals surface area (Å²) in [6, 6.07) is 0. The van der Waals surface area contributed by atoms with Crippen LogP contribution in [0.5, 0.6) is 0 Å². The summed E-state index contributed by atoms with van der Waals surface area (Å²) in [6.45, 7) is 17.6. The number of carbonyl (C=O) groups excluding carboxylic acids is 1. The number of hydrogen-bond donors (Lipinski definition) is 1. The highest BCUT2D eigenvalue weighted by molar-refractivity contribution is 5.69. The van der Waals surface area contributed by atoms with Crippen molar-refractivity contribution in [3.05, 3.63) is 59.3 Å². The monoisotopic (exact) mass is 474 g/mol. The summed E-state index contributed by atoms with van der Waals surface area (Å²) < 4.78 is 10.2. The molecular weight excluding hydrogens is 424 g/mol. The number of methoxy groups -OCH3 is 1. The second kappa shape index (κ2) is 18.4. The van der Waals surface area contributed by atoms with Crippen LogP contribution in [0.15, 0.2) is 59.3 Å². The lowest BCUT2D eigenvalue weighted by molar-refractivity contribution is -0.144. The van der Waals surface area contributed by atoms with Gasteiger partial charge in [0.05, 0.1) is 32.8 Å². The van der Waals surface area contributed by atoms with E-state index in [-0.39, 0.29) is 24.4 Å². The topological polar surface area (TPSA) is 55.8 Å². The molecule has 0 bridgehead atoms. The lowest BCUT2D eigenvalue weighted by Gasteiger charge is -2.20. The van der Waals surface area contributed by atoms with Gasteiger partial charge in [0.2, 0.25) is 0 Å². The van der Waals surface area contributed by atoms with Crippen molar-refractivity contribution in [2.45, 2.75) is 99.0 Å². The molecule has 0 heterocycles. The standard InChI is InChI=1S/C30H50O4/c1-24(2)12-11-14-25(3)15-16-27(5)17-20-30(6,7)19-10-9-13-26(4)18-21-34-28(23-31)22-29(32)33-8/h10,12,15,18-19,28,31H,5,9,11,13-14,16-17,20-23H2,1-4,6-8H3/b19-10+,25-15+,26-18-. The van der Waals surface area contributed by atoms with Gasteiger partial charge in [-0.25, -0.2) is 0 Å². The third-order valence-electron chi connectivity index (χ3n) is 5.82. The van der Waals surface area contributed by atoms with Crippen molar-refractivity contribution in [3.63, 3.8) is 0 Å². The molecule has 34 heavy (non-hydrogen) atoms. The molecule has 0 aliphatic rings. The van der Waals surface area contributed by atoms with Crippen LogP contribution in [0.3, 0.4) is 0 Å². The van der Waals surface area contributed by atoms with Gasteiger partial charge < -0.3 is 14.6 Å². The molecule has 0 saturated carbocycles. The molecular formula is C30H50O4. The Morgan fingerprint density at radius 3 is 2.26 bits per heavy atom. The number of carbonyl (C=O) groups is 1. The Balaban J connectivity index is 4.28. The number of aliphatic hydroxyl groups is 1. The van der Waals surface area contributed by atoms with E-state index >= 15 is 0 Å². The van der Waals surface area contributed by atoms with Gasteiger partial charge in [0.15, 0.2) is 0 Å². The summed E-state index contributed by atoms with van der Waals surface area (Å²) in [5, 5.41) is 9.29. The van der Waals surface area contributed by atoms with Crippen LogP contribution in [0.25, 0.3) is 0 Å². The predicted molar refractivity (Wildman–Crippen MR) is 145 cm³/mol. The minimum Gasteiger partial charge on any atom is -0.469 e. The average Bonchev–Trinajstić information content (AvgIpc) is 2.78. The number of rotatable bonds is 18. The van der Waals surface area contributed by atoms with Crippen molar-refractivity contribution in [1.29, 1.82) is 0 Å². The summed E-state index contributed by atoms with van der Waals surface area (Å²) in [5.41, 5.74) is 5.51. The summed E-state index contributed by atoms with van der Waals surface area (Å²) >= 11 is 0. The van der Waals surface area contributed by atoms with Gasteiger partial charge in [0, 0.05) is 0 Å². The molecule has 0 aromatic carbocycles. The first-order valence-corrected chi connectivity index (χ1v) is 12.6. The van der Waals surface area contributed by atoms with Crippen molar-refractivity contribution in [3.8, 4) is 0 Å². The van der Waals surface area contributed by atoms with E-state index in [1.54, 1.807) is 0 Å². The van der Waals surface area contributed by atoms with E-state index in [1.807, 2.05) is 6.08 Å². The first kappa shape index (κ1) is 32.1. The van der Waals surface area contributed by atoms with Crippen LogP contribution in [-0.2, 0) is 14.3 Å². The van der Waals surface area contributed by atoms with Crippen molar-refractivity contribution >= 4 is 5.97 Å². The SMILES string of the molecule is C=C(C/C=C(\C)CCC=C(C)C)CCC(C)(C)/C=C/CC/C(C)=C\COC(CO)CC(=O)OC. The fourth-order valence-corrected chi connectivity index (χ4v) is 3.28. The molecule has 1 N–H and O–H groups in total. The minimum absolute atomic E-state index is 0.0658. The third kappa shape index (κ3) is 18.5. The Kier molecular flexibility index (Phi) is 17.4. The van der Waals surface area contributed by atoms with Crippen LogP contribution in [0.2, 0.25) is 0 Å².